The largest absolute Gasteiger partial charge is 0.326 e. The number of amides is 1. The molecule has 0 aliphatic heterocycles. The molecule has 1 amide bonds. The minimum absolute atomic E-state index is 0.0885. The van der Waals surface area contributed by atoms with Crippen LogP contribution < -0.4 is 10.6 Å². The zero-order valence-electron chi connectivity index (χ0n) is 11.8. The fraction of sp³-hybridized carbons (Fsp3) is 0.533. The maximum Gasteiger partial charge on any atom is 0.224 e. The molecule has 1 aromatic carbocycles. The smallest absolute Gasteiger partial charge is 0.224 e. The van der Waals surface area contributed by atoms with Gasteiger partial charge in [0.2, 0.25) is 5.91 Å². The molecule has 1 rings (SSSR count). The Morgan fingerprint density at radius 1 is 1.17 bits per heavy atom. The number of carbonyl (C=O) groups is 1. The molecule has 0 spiro atoms. The number of anilines is 1. The van der Waals surface area contributed by atoms with Crippen molar-refractivity contribution in [2.24, 2.45) is 0 Å². The Bertz CT molecular complexity index is 379. The molecule has 0 saturated carbocycles. The van der Waals surface area contributed by atoms with Gasteiger partial charge < -0.3 is 10.6 Å². The molecule has 0 unspecified atom stereocenters. The van der Waals surface area contributed by atoms with Gasteiger partial charge in [-0.25, -0.2) is 0 Å². The minimum atomic E-state index is 0.0885. The van der Waals surface area contributed by atoms with E-state index < -0.39 is 0 Å². The van der Waals surface area contributed by atoms with E-state index in [1.165, 1.54) is 11.1 Å². The second kappa shape index (κ2) is 7.17. The molecular weight excluding hydrogens is 224 g/mol. The number of carbonyl (C=O) groups excluding carboxylic acids is 1. The molecule has 0 aliphatic carbocycles. The number of aryl methyl sites for hydroxylation is 2. The number of hydrogen-bond donors (Lipinski definition) is 2. The van der Waals surface area contributed by atoms with Crippen LogP contribution in [-0.2, 0) is 4.79 Å². The lowest BCUT2D eigenvalue weighted by Crippen LogP contribution is -2.24. The van der Waals surface area contributed by atoms with E-state index in [-0.39, 0.29) is 5.91 Å². The summed E-state index contributed by atoms with van der Waals surface area (Å²) in [7, 11) is 0. The Morgan fingerprint density at radius 2 is 1.78 bits per heavy atom. The number of hydrogen-bond acceptors (Lipinski definition) is 2. The third-order valence-electron chi connectivity index (χ3n) is 2.64. The average Bonchev–Trinajstić information content (AvgIpc) is 2.22. The molecule has 0 aliphatic rings. The lowest BCUT2D eigenvalue weighted by Gasteiger charge is -2.09. The van der Waals surface area contributed by atoms with Crippen molar-refractivity contribution in [2.45, 2.75) is 46.6 Å². The number of nitrogens with one attached hydrogen (secondary N) is 2. The Morgan fingerprint density at radius 3 is 2.33 bits per heavy atom. The van der Waals surface area contributed by atoms with Gasteiger partial charge in [0.1, 0.15) is 0 Å². The van der Waals surface area contributed by atoms with Crippen LogP contribution in [0.1, 0.15) is 37.8 Å². The summed E-state index contributed by atoms with van der Waals surface area (Å²) in [6, 6.07) is 6.57. The molecule has 3 heteroatoms. The van der Waals surface area contributed by atoms with Gasteiger partial charge in [-0.05, 0) is 50.1 Å². The van der Waals surface area contributed by atoms with Crippen molar-refractivity contribution in [1.82, 2.24) is 5.32 Å². The molecule has 0 saturated heterocycles. The summed E-state index contributed by atoms with van der Waals surface area (Å²) in [6.07, 6.45) is 1.43. The standard InChI is InChI=1S/C15H24N2O/c1-11(2)16-7-5-6-15(18)17-14-9-12(3)8-13(4)10-14/h8-11,16H,5-7H2,1-4H3,(H,17,18). The lowest BCUT2D eigenvalue weighted by molar-refractivity contribution is -0.116. The second-order valence-electron chi connectivity index (χ2n) is 5.14. The van der Waals surface area contributed by atoms with E-state index in [0.717, 1.165) is 18.7 Å². The topological polar surface area (TPSA) is 41.1 Å². The first kappa shape index (κ1) is 14.7. The quantitative estimate of drug-likeness (QED) is 0.760. The number of benzene rings is 1. The molecule has 2 N–H and O–H groups in total. The van der Waals surface area contributed by atoms with Crippen LogP contribution in [0, 0.1) is 13.8 Å². The molecule has 0 bridgehead atoms. The van der Waals surface area contributed by atoms with Crippen molar-refractivity contribution in [2.75, 3.05) is 11.9 Å². The maximum atomic E-state index is 11.7. The summed E-state index contributed by atoms with van der Waals surface area (Å²) in [5.41, 5.74) is 3.24. The van der Waals surface area contributed by atoms with Crippen LogP contribution >= 0.6 is 0 Å². The van der Waals surface area contributed by atoms with Crippen molar-refractivity contribution < 1.29 is 4.79 Å². The van der Waals surface area contributed by atoms with E-state index in [2.05, 4.69) is 30.5 Å². The van der Waals surface area contributed by atoms with Gasteiger partial charge in [-0.15, -0.1) is 0 Å². The molecule has 0 fully saturated rings. The Labute approximate surface area is 110 Å². The summed E-state index contributed by atoms with van der Waals surface area (Å²) >= 11 is 0. The molecule has 0 atom stereocenters. The van der Waals surface area contributed by atoms with Gasteiger partial charge in [-0.1, -0.05) is 19.9 Å². The molecule has 100 valence electrons. The molecule has 3 nitrogen and oxygen atoms in total. The van der Waals surface area contributed by atoms with Gasteiger partial charge in [0.05, 0.1) is 0 Å². The van der Waals surface area contributed by atoms with Crippen LogP contribution in [0.4, 0.5) is 5.69 Å². The van der Waals surface area contributed by atoms with Crippen LogP contribution in [0.5, 0.6) is 0 Å². The highest BCUT2D eigenvalue weighted by Gasteiger charge is 2.03. The van der Waals surface area contributed by atoms with Gasteiger partial charge in [-0.3, -0.25) is 4.79 Å². The highest BCUT2D eigenvalue weighted by Crippen LogP contribution is 2.14. The minimum Gasteiger partial charge on any atom is -0.326 e. The molecule has 18 heavy (non-hydrogen) atoms. The Hall–Kier alpha value is -1.35. The SMILES string of the molecule is Cc1cc(C)cc(NC(=O)CCCNC(C)C)c1. The third-order valence-corrected chi connectivity index (χ3v) is 2.64. The molecule has 0 radical (unpaired) electrons. The van der Waals surface area contributed by atoms with Gasteiger partial charge in [0.15, 0.2) is 0 Å². The first-order valence-electron chi connectivity index (χ1n) is 6.59. The Kier molecular flexibility index (Phi) is 5.86. The lowest BCUT2D eigenvalue weighted by atomic mass is 10.1. The highest BCUT2D eigenvalue weighted by molar-refractivity contribution is 5.90. The summed E-state index contributed by atoms with van der Waals surface area (Å²) in [6.45, 7) is 9.17. The molecule has 0 heterocycles. The van der Waals surface area contributed by atoms with Crippen LogP contribution in [0.15, 0.2) is 18.2 Å². The monoisotopic (exact) mass is 248 g/mol. The Balaban J connectivity index is 2.35. The average molecular weight is 248 g/mol. The van der Waals surface area contributed by atoms with Gasteiger partial charge in [-0.2, -0.15) is 0 Å². The summed E-state index contributed by atoms with van der Waals surface area (Å²) in [5.74, 6) is 0.0885. The van der Waals surface area contributed by atoms with E-state index >= 15 is 0 Å². The van der Waals surface area contributed by atoms with Crippen LogP contribution in [0.3, 0.4) is 0 Å². The van der Waals surface area contributed by atoms with Gasteiger partial charge in [0.25, 0.3) is 0 Å². The summed E-state index contributed by atoms with van der Waals surface area (Å²) in [5, 5.41) is 6.25. The first-order valence-corrected chi connectivity index (χ1v) is 6.59. The van der Waals surface area contributed by atoms with E-state index in [0.29, 0.717) is 12.5 Å². The zero-order chi connectivity index (χ0) is 13.5. The van der Waals surface area contributed by atoms with Crippen LogP contribution in [0.2, 0.25) is 0 Å². The molecular formula is C15H24N2O. The van der Waals surface area contributed by atoms with Gasteiger partial charge >= 0.3 is 0 Å². The molecule has 1 aromatic rings. The van der Waals surface area contributed by atoms with E-state index in [4.69, 9.17) is 0 Å². The van der Waals surface area contributed by atoms with Crippen LogP contribution in [-0.4, -0.2) is 18.5 Å². The fourth-order valence-corrected chi connectivity index (χ4v) is 1.91. The van der Waals surface area contributed by atoms with Crippen molar-refractivity contribution in [3.05, 3.63) is 29.3 Å². The zero-order valence-corrected chi connectivity index (χ0v) is 11.8. The van der Waals surface area contributed by atoms with Crippen molar-refractivity contribution in [3.63, 3.8) is 0 Å². The number of rotatable bonds is 6. The van der Waals surface area contributed by atoms with E-state index in [9.17, 15) is 4.79 Å². The van der Waals surface area contributed by atoms with E-state index in [1.54, 1.807) is 0 Å². The van der Waals surface area contributed by atoms with E-state index in [1.807, 2.05) is 26.0 Å². The first-order chi connectivity index (χ1) is 8.47. The predicted molar refractivity (Wildman–Crippen MR) is 76.9 cm³/mol. The van der Waals surface area contributed by atoms with Crippen molar-refractivity contribution in [3.8, 4) is 0 Å². The van der Waals surface area contributed by atoms with Crippen LogP contribution in [0.25, 0.3) is 0 Å². The molecule has 0 aromatic heterocycles. The maximum absolute atomic E-state index is 11.7. The second-order valence-corrected chi connectivity index (χ2v) is 5.14. The van der Waals surface area contributed by atoms with Gasteiger partial charge in [0, 0.05) is 18.2 Å². The highest BCUT2D eigenvalue weighted by atomic mass is 16.1. The summed E-state index contributed by atoms with van der Waals surface area (Å²) in [4.78, 5) is 11.7. The normalized spacial score (nSPS) is 10.7. The van der Waals surface area contributed by atoms with Crippen molar-refractivity contribution in [1.29, 1.82) is 0 Å². The fourth-order valence-electron chi connectivity index (χ4n) is 1.91. The predicted octanol–water partition coefficient (Wildman–Crippen LogP) is 3.02. The third kappa shape index (κ3) is 5.82. The van der Waals surface area contributed by atoms with Crippen molar-refractivity contribution >= 4 is 11.6 Å². The summed E-state index contributed by atoms with van der Waals surface area (Å²) < 4.78 is 0.